The summed E-state index contributed by atoms with van der Waals surface area (Å²) in [5.74, 6) is 0.869. The number of hydrogen-bond acceptors (Lipinski definition) is 2. The van der Waals surface area contributed by atoms with Gasteiger partial charge in [-0.2, -0.15) is 0 Å². The van der Waals surface area contributed by atoms with Crippen LogP contribution < -0.4 is 0 Å². The van der Waals surface area contributed by atoms with Crippen molar-refractivity contribution >= 4 is 5.91 Å². The monoisotopic (exact) mass is 308 g/mol. The van der Waals surface area contributed by atoms with E-state index in [2.05, 4.69) is 30.1 Å². The predicted octanol–water partition coefficient (Wildman–Crippen LogP) is 3.67. The third kappa shape index (κ3) is 3.98. The third-order valence-electron chi connectivity index (χ3n) is 4.76. The Hall–Kier alpha value is -2.16. The number of amides is 1. The van der Waals surface area contributed by atoms with Crippen molar-refractivity contribution in [2.45, 2.75) is 32.1 Å². The number of piperidine rings is 1. The Kier molecular flexibility index (Phi) is 5.06. The zero-order chi connectivity index (χ0) is 16.1. The lowest BCUT2D eigenvalue weighted by Gasteiger charge is -2.33. The quantitative estimate of drug-likeness (QED) is 0.863. The number of nitrogens with zero attached hydrogens (tertiary/aromatic N) is 2. The number of likely N-dealkylation sites (tertiary alicyclic amines) is 1. The molecule has 1 aliphatic rings. The molecule has 0 radical (unpaired) electrons. The van der Waals surface area contributed by atoms with Crippen molar-refractivity contribution in [2.75, 3.05) is 13.1 Å². The number of benzene rings is 1. The molecule has 3 heteroatoms. The number of aromatic nitrogens is 1. The average molecular weight is 308 g/mol. The van der Waals surface area contributed by atoms with Crippen LogP contribution in [0, 0.1) is 5.92 Å². The average Bonchev–Trinajstić information content (AvgIpc) is 2.61. The van der Waals surface area contributed by atoms with Gasteiger partial charge in [-0.25, -0.2) is 0 Å². The van der Waals surface area contributed by atoms with Crippen molar-refractivity contribution in [2.24, 2.45) is 5.92 Å². The van der Waals surface area contributed by atoms with Crippen molar-refractivity contribution in [1.29, 1.82) is 0 Å². The fourth-order valence-corrected chi connectivity index (χ4v) is 3.24. The Morgan fingerprint density at radius 2 is 1.91 bits per heavy atom. The van der Waals surface area contributed by atoms with Crippen molar-refractivity contribution in [3.8, 4) is 0 Å². The molecule has 1 amide bonds. The molecule has 0 aliphatic carbocycles. The van der Waals surface area contributed by atoms with E-state index in [0.29, 0.717) is 6.42 Å². The van der Waals surface area contributed by atoms with Crippen LogP contribution >= 0.6 is 0 Å². The van der Waals surface area contributed by atoms with Gasteiger partial charge in [-0.15, -0.1) is 0 Å². The standard InChI is InChI=1S/C20H24N2O/c1-16-9-12-22(13-10-16)20(23)19(18-7-3-2-4-8-18)14-17-6-5-11-21-15-17/h2-8,11,15-16,19H,9-10,12-14H2,1H3. The molecule has 1 unspecified atom stereocenters. The molecule has 1 aromatic heterocycles. The van der Waals surface area contributed by atoms with Gasteiger partial charge < -0.3 is 4.90 Å². The summed E-state index contributed by atoms with van der Waals surface area (Å²) in [6, 6.07) is 14.1. The molecule has 3 rings (SSSR count). The third-order valence-corrected chi connectivity index (χ3v) is 4.76. The second kappa shape index (κ2) is 7.40. The Morgan fingerprint density at radius 1 is 1.17 bits per heavy atom. The Bertz CT molecular complexity index is 619. The molecular weight excluding hydrogens is 284 g/mol. The molecule has 2 heterocycles. The summed E-state index contributed by atoms with van der Waals surface area (Å²) in [5.41, 5.74) is 2.21. The molecule has 2 aromatic rings. The highest BCUT2D eigenvalue weighted by Crippen LogP contribution is 2.26. The zero-order valence-corrected chi connectivity index (χ0v) is 13.7. The number of carbonyl (C=O) groups excluding carboxylic acids is 1. The van der Waals surface area contributed by atoms with Gasteiger partial charge in [0.25, 0.3) is 0 Å². The molecule has 23 heavy (non-hydrogen) atoms. The topological polar surface area (TPSA) is 33.2 Å². The lowest BCUT2D eigenvalue weighted by Crippen LogP contribution is -2.41. The van der Waals surface area contributed by atoms with Crippen LogP contribution in [-0.4, -0.2) is 28.9 Å². The highest BCUT2D eigenvalue weighted by molar-refractivity contribution is 5.84. The van der Waals surface area contributed by atoms with E-state index in [1.54, 1.807) is 6.20 Å². The molecule has 0 spiro atoms. The van der Waals surface area contributed by atoms with Crippen molar-refractivity contribution in [3.63, 3.8) is 0 Å². The van der Waals surface area contributed by atoms with Crippen LogP contribution in [0.5, 0.6) is 0 Å². The summed E-state index contributed by atoms with van der Waals surface area (Å²) in [6.45, 7) is 4.04. The molecule has 1 atom stereocenters. The van der Waals surface area contributed by atoms with Gasteiger partial charge >= 0.3 is 0 Å². The SMILES string of the molecule is CC1CCN(C(=O)C(Cc2cccnc2)c2ccccc2)CC1. The first-order valence-electron chi connectivity index (χ1n) is 8.46. The van der Waals surface area contributed by atoms with E-state index >= 15 is 0 Å². The van der Waals surface area contributed by atoms with Gasteiger partial charge in [-0.05, 0) is 42.4 Å². The fourth-order valence-electron chi connectivity index (χ4n) is 3.24. The predicted molar refractivity (Wildman–Crippen MR) is 92.1 cm³/mol. The number of carbonyl (C=O) groups is 1. The lowest BCUT2D eigenvalue weighted by molar-refractivity contribution is -0.134. The van der Waals surface area contributed by atoms with Crippen molar-refractivity contribution in [1.82, 2.24) is 9.88 Å². The maximum atomic E-state index is 13.1. The first kappa shape index (κ1) is 15.7. The smallest absolute Gasteiger partial charge is 0.230 e. The van der Waals surface area contributed by atoms with Gasteiger partial charge in [-0.1, -0.05) is 43.3 Å². The largest absolute Gasteiger partial charge is 0.342 e. The molecule has 0 saturated carbocycles. The second-order valence-corrected chi connectivity index (χ2v) is 6.54. The molecule has 1 aliphatic heterocycles. The van der Waals surface area contributed by atoms with Gasteiger partial charge in [0.05, 0.1) is 5.92 Å². The van der Waals surface area contributed by atoms with Gasteiger partial charge in [0.2, 0.25) is 5.91 Å². The molecule has 1 saturated heterocycles. The maximum Gasteiger partial charge on any atom is 0.230 e. The maximum absolute atomic E-state index is 13.1. The fraction of sp³-hybridized carbons (Fsp3) is 0.400. The van der Waals surface area contributed by atoms with Gasteiger partial charge in [0, 0.05) is 25.5 Å². The van der Waals surface area contributed by atoms with E-state index < -0.39 is 0 Å². The molecule has 120 valence electrons. The minimum Gasteiger partial charge on any atom is -0.342 e. The number of pyridine rings is 1. The van der Waals surface area contributed by atoms with Crippen LogP contribution in [0.1, 0.15) is 36.8 Å². The van der Waals surface area contributed by atoms with E-state index in [-0.39, 0.29) is 11.8 Å². The van der Waals surface area contributed by atoms with Crippen LogP contribution in [0.3, 0.4) is 0 Å². The van der Waals surface area contributed by atoms with Crippen molar-refractivity contribution < 1.29 is 4.79 Å². The summed E-state index contributed by atoms with van der Waals surface area (Å²) >= 11 is 0. The van der Waals surface area contributed by atoms with E-state index in [0.717, 1.165) is 43.0 Å². The Labute approximate surface area is 138 Å². The first-order valence-corrected chi connectivity index (χ1v) is 8.46. The molecule has 3 nitrogen and oxygen atoms in total. The summed E-state index contributed by atoms with van der Waals surface area (Å²) in [5, 5.41) is 0. The lowest BCUT2D eigenvalue weighted by atomic mass is 9.90. The molecule has 1 fully saturated rings. The normalized spacial score (nSPS) is 17.0. The zero-order valence-electron chi connectivity index (χ0n) is 13.7. The van der Waals surface area contributed by atoms with E-state index in [1.165, 1.54) is 0 Å². The molecule has 0 bridgehead atoms. The summed E-state index contributed by atoms with van der Waals surface area (Å²) in [7, 11) is 0. The highest BCUT2D eigenvalue weighted by Gasteiger charge is 2.28. The van der Waals surface area contributed by atoms with Gasteiger partial charge in [0.1, 0.15) is 0 Å². The van der Waals surface area contributed by atoms with Crippen LogP contribution in [0.15, 0.2) is 54.9 Å². The minimum absolute atomic E-state index is 0.117. The Morgan fingerprint density at radius 3 is 2.57 bits per heavy atom. The first-order chi connectivity index (χ1) is 11.2. The minimum atomic E-state index is -0.117. The molecular formula is C20H24N2O. The molecule has 0 N–H and O–H groups in total. The van der Waals surface area contributed by atoms with E-state index in [1.807, 2.05) is 35.4 Å². The van der Waals surface area contributed by atoms with Crippen LogP contribution in [0.25, 0.3) is 0 Å². The number of hydrogen-bond donors (Lipinski definition) is 0. The summed E-state index contributed by atoms with van der Waals surface area (Å²) in [4.78, 5) is 19.4. The summed E-state index contributed by atoms with van der Waals surface area (Å²) in [6.07, 6.45) is 6.57. The van der Waals surface area contributed by atoms with Crippen molar-refractivity contribution in [3.05, 3.63) is 66.0 Å². The summed E-state index contributed by atoms with van der Waals surface area (Å²) < 4.78 is 0. The van der Waals surface area contributed by atoms with Gasteiger partial charge in [-0.3, -0.25) is 9.78 Å². The van der Waals surface area contributed by atoms with Crippen LogP contribution in [0.4, 0.5) is 0 Å². The Balaban J connectivity index is 1.81. The van der Waals surface area contributed by atoms with E-state index in [9.17, 15) is 4.79 Å². The van der Waals surface area contributed by atoms with Crippen LogP contribution in [-0.2, 0) is 11.2 Å². The van der Waals surface area contributed by atoms with Crippen LogP contribution in [0.2, 0.25) is 0 Å². The highest BCUT2D eigenvalue weighted by atomic mass is 16.2. The van der Waals surface area contributed by atoms with Gasteiger partial charge in [0.15, 0.2) is 0 Å². The van der Waals surface area contributed by atoms with E-state index in [4.69, 9.17) is 0 Å². The number of rotatable bonds is 4. The molecule has 1 aromatic carbocycles. The second-order valence-electron chi connectivity index (χ2n) is 6.54.